The van der Waals surface area contributed by atoms with Crippen molar-refractivity contribution in [3.63, 3.8) is 0 Å². The molecule has 0 rings (SSSR count). The van der Waals surface area contributed by atoms with E-state index in [1.165, 1.54) is 39.6 Å². The molecule has 0 aromatic heterocycles. The summed E-state index contributed by atoms with van der Waals surface area (Å²) in [6, 6.07) is 0. The predicted molar refractivity (Wildman–Crippen MR) is 102 cm³/mol. The van der Waals surface area contributed by atoms with Crippen molar-refractivity contribution in [1.29, 1.82) is 0 Å². The summed E-state index contributed by atoms with van der Waals surface area (Å²) in [6.45, 7) is 13.2. The fraction of sp³-hybridized carbons (Fsp3) is 0.600. The van der Waals surface area contributed by atoms with Gasteiger partial charge in [0.05, 0.1) is 0 Å². The fourth-order valence-electron chi connectivity index (χ4n) is 2.03. The van der Waals surface area contributed by atoms with Gasteiger partial charge in [-0.3, -0.25) is 0 Å². The smallest absolute Gasteiger partial charge is 0.00568 e. The third-order valence-corrected chi connectivity index (χ3v) is 4.87. The van der Waals surface area contributed by atoms with Crippen molar-refractivity contribution in [2.75, 3.05) is 0 Å². The maximum Gasteiger partial charge on any atom is -0.00568 e. The zero-order chi connectivity index (χ0) is 16.3. The number of allylic oxidation sites excluding steroid dienone is 8. The molecule has 0 fully saturated rings. The zero-order valence-corrected chi connectivity index (χ0v) is 16.4. The Hall–Kier alpha value is -0.560. The van der Waals surface area contributed by atoms with Gasteiger partial charge in [0.1, 0.15) is 0 Å². The molecule has 1 heteroatoms. The monoisotopic (exact) mass is 352 g/mol. The van der Waals surface area contributed by atoms with Crippen LogP contribution in [0.15, 0.2) is 45.0 Å². The van der Waals surface area contributed by atoms with Crippen molar-refractivity contribution >= 4 is 15.9 Å². The topological polar surface area (TPSA) is 0 Å². The molecule has 0 saturated heterocycles. The second kappa shape index (κ2) is 12.0. The summed E-state index contributed by atoms with van der Waals surface area (Å²) >= 11 is 3.76. The summed E-state index contributed by atoms with van der Waals surface area (Å²) in [5, 5.41) is 0. The maximum absolute atomic E-state index is 3.76. The Balaban J connectivity index is 4.17. The van der Waals surface area contributed by atoms with Gasteiger partial charge in [0.2, 0.25) is 0 Å². The van der Waals surface area contributed by atoms with Crippen LogP contribution in [-0.2, 0) is 0 Å². The van der Waals surface area contributed by atoms with Crippen LogP contribution in [0.4, 0.5) is 0 Å². The van der Waals surface area contributed by atoms with Gasteiger partial charge in [0.25, 0.3) is 0 Å². The first-order valence-electron chi connectivity index (χ1n) is 8.11. The van der Waals surface area contributed by atoms with Crippen LogP contribution >= 0.6 is 15.9 Å². The number of halogens is 1. The van der Waals surface area contributed by atoms with E-state index in [0.29, 0.717) is 0 Å². The molecule has 0 amide bonds. The van der Waals surface area contributed by atoms with Gasteiger partial charge in [-0.2, -0.15) is 0 Å². The lowest BCUT2D eigenvalue weighted by atomic mass is 10.0. The van der Waals surface area contributed by atoms with E-state index < -0.39 is 0 Å². The third kappa shape index (κ3) is 11.7. The van der Waals surface area contributed by atoms with Gasteiger partial charge in [-0.1, -0.05) is 56.5 Å². The summed E-state index contributed by atoms with van der Waals surface area (Å²) in [5.74, 6) is 0. The Morgan fingerprint density at radius 1 is 0.762 bits per heavy atom. The van der Waals surface area contributed by atoms with E-state index in [2.05, 4.69) is 75.7 Å². The summed E-state index contributed by atoms with van der Waals surface area (Å²) in [5.41, 5.74) is 5.89. The van der Waals surface area contributed by atoms with Crippen molar-refractivity contribution in [1.82, 2.24) is 0 Å². The lowest BCUT2D eigenvalue weighted by Gasteiger charge is -2.06. The van der Waals surface area contributed by atoms with E-state index in [9.17, 15) is 0 Å². The summed E-state index contributed by atoms with van der Waals surface area (Å²) < 4.78 is 1.39. The van der Waals surface area contributed by atoms with Crippen molar-refractivity contribution < 1.29 is 0 Å². The molecule has 0 bridgehead atoms. The highest BCUT2D eigenvalue weighted by molar-refractivity contribution is 9.11. The average molecular weight is 353 g/mol. The van der Waals surface area contributed by atoms with Gasteiger partial charge >= 0.3 is 0 Å². The Labute approximate surface area is 141 Å². The molecule has 0 unspecified atom stereocenters. The summed E-state index contributed by atoms with van der Waals surface area (Å²) in [7, 11) is 0. The maximum atomic E-state index is 3.76. The molecule has 0 aliphatic carbocycles. The highest BCUT2D eigenvalue weighted by Gasteiger charge is 2.00. The van der Waals surface area contributed by atoms with E-state index in [1.807, 2.05) is 0 Å². The Morgan fingerprint density at radius 3 is 1.95 bits per heavy atom. The molecule has 0 aliphatic rings. The average Bonchev–Trinajstić information content (AvgIpc) is 2.43. The summed E-state index contributed by atoms with van der Waals surface area (Å²) in [6.07, 6.45) is 13.9. The van der Waals surface area contributed by atoms with Gasteiger partial charge in [0.15, 0.2) is 0 Å². The SMILES string of the molecule is C/C=C(\C)CC/C=C(\C)CC/C(Br)=C(/C)CCC=C(C)C. The number of hydrogen-bond acceptors (Lipinski definition) is 0. The second-order valence-corrected chi connectivity index (χ2v) is 7.19. The second-order valence-electron chi connectivity index (χ2n) is 6.23. The molecule has 0 aromatic rings. The lowest BCUT2D eigenvalue weighted by Crippen LogP contribution is -1.86. The minimum atomic E-state index is 1.13. The standard InChI is InChI=1S/C20H33Br/c1-7-17(4)11-9-12-18(5)14-15-20(21)19(6)13-8-10-16(2)3/h7,10,12H,8-9,11,13-15H2,1-6H3/b17-7+,18-12+,20-19+. The molecular weight excluding hydrogens is 320 g/mol. The third-order valence-electron chi connectivity index (χ3n) is 3.80. The molecule has 0 atom stereocenters. The van der Waals surface area contributed by atoms with Crippen LogP contribution in [0.5, 0.6) is 0 Å². The van der Waals surface area contributed by atoms with Crippen LogP contribution in [0.3, 0.4) is 0 Å². The molecule has 0 nitrogen and oxygen atoms in total. The van der Waals surface area contributed by atoms with Crippen LogP contribution in [0.25, 0.3) is 0 Å². The summed E-state index contributed by atoms with van der Waals surface area (Å²) in [4.78, 5) is 0. The van der Waals surface area contributed by atoms with Crippen LogP contribution in [-0.4, -0.2) is 0 Å². The van der Waals surface area contributed by atoms with Crippen molar-refractivity contribution in [3.8, 4) is 0 Å². The van der Waals surface area contributed by atoms with Crippen LogP contribution in [0.1, 0.15) is 80.1 Å². The van der Waals surface area contributed by atoms with Crippen molar-refractivity contribution in [2.24, 2.45) is 0 Å². The Morgan fingerprint density at radius 2 is 1.38 bits per heavy atom. The molecule has 0 N–H and O–H groups in total. The Bertz CT molecular complexity index is 415. The number of rotatable bonds is 9. The molecule has 0 saturated carbocycles. The minimum Gasteiger partial charge on any atom is -0.0887 e. The van der Waals surface area contributed by atoms with Gasteiger partial charge in [-0.05, 0) is 84.5 Å². The van der Waals surface area contributed by atoms with Crippen molar-refractivity contribution in [2.45, 2.75) is 80.1 Å². The van der Waals surface area contributed by atoms with E-state index in [0.717, 1.165) is 25.7 Å². The Kier molecular flexibility index (Phi) is 11.7. The molecule has 0 spiro atoms. The molecular formula is C20H33Br. The van der Waals surface area contributed by atoms with E-state index >= 15 is 0 Å². The van der Waals surface area contributed by atoms with Crippen LogP contribution < -0.4 is 0 Å². The predicted octanol–water partition coefficient (Wildman–Crippen LogP) is 7.87. The quantitative estimate of drug-likeness (QED) is 0.370. The first-order valence-corrected chi connectivity index (χ1v) is 8.91. The van der Waals surface area contributed by atoms with E-state index in [-0.39, 0.29) is 0 Å². The molecule has 21 heavy (non-hydrogen) atoms. The number of hydrogen-bond donors (Lipinski definition) is 0. The zero-order valence-electron chi connectivity index (χ0n) is 14.9. The van der Waals surface area contributed by atoms with Gasteiger partial charge in [-0.25, -0.2) is 0 Å². The van der Waals surface area contributed by atoms with Crippen LogP contribution in [0.2, 0.25) is 0 Å². The molecule has 0 aromatic carbocycles. The van der Waals surface area contributed by atoms with Gasteiger partial charge in [0, 0.05) is 0 Å². The van der Waals surface area contributed by atoms with E-state index in [4.69, 9.17) is 0 Å². The lowest BCUT2D eigenvalue weighted by molar-refractivity contribution is 0.893. The normalized spacial score (nSPS) is 14.0. The highest BCUT2D eigenvalue weighted by atomic mass is 79.9. The van der Waals surface area contributed by atoms with Crippen molar-refractivity contribution in [3.05, 3.63) is 45.0 Å². The minimum absolute atomic E-state index is 1.13. The molecule has 120 valence electrons. The van der Waals surface area contributed by atoms with Gasteiger partial charge in [-0.15, -0.1) is 0 Å². The van der Waals surface area contributed by atoms with Gasteiger partial charge < -0.3 is 0 Å². The highest BCUT2D eigenvalue weighted by Crippen LogP contribution is 2.24. The fourth-order valence-corrected chi connectivity index (χ4v) is 2.42. The molecule has 0 radical (unpaired) electrons. The first-order chi connectivity index (χ1) is 9.86. The van der Waals surface area contributed by atoms with E-state index in [1.54, 1.807) is 0 Å². The first kappa shape index (κ1) is 20.4. The molecule has 0 heterocycles. The largest absolute Gasteiger partial charge is 0.0887 e. The van der Waals surface area contributed by atoms with Crippen LogP contribution in [0, 0.1) is 0 Å². The molecule has 0 aliphatic heterocycles.